The Kier molecular flexibility index (Phi) is 5.33. The number of hydrogen-bond donors (Lipinski definition) is 1. The fourth-order valence-corrected chi connectivity index (χ4v) is 1.85. The Morgan fingerprint density at radius 3 is 2.71 bits per heavy atom. The van der Waals surface area contributed by atoms with Crippen LogP contribution in [0.15, 0.2) is 35.2 Å². The van der Waals surface area contributed by atoms with E-state index in [1.165, 1.54) is 4.90 Å². The average molecular weight is 209 g/mol. The lowest BCUT2D eigenvalue weighted by atomic mass is 10.4. The molecule has 0 heterocycles. The fourth-order valence-electron chi connectivity index (χ4n) is 1.02. The average Bonchev–Trinajstić information content (AvgIpc) is 2.18. The molecule has 14 heavy (non-hydrogen) atoms. The first-order valence-corrected chi connectivity index (χ1v) is 5.65. The summed E-state index contributed by atoms with van der Waals surface area (Å²) in [7, 11) is 0. The standard InChI is InChI=1S/C11H15NOS/c1-10(13)9-12-7-8-14-11-5-3-2-4-6-11/h2-6,12H,7-9H2,1H3. The third kappa shape index (κ3) is 5.04. The highest BCUT2D eigenvalue weighted by molar-refractivity contribution is 7.99. The Morgan fingerprint density at radius 2 is 2.07 bits per heavy atom. The Bertz CT molecular complexity index is 274. The van der Waals surface area contributed by atoms with Gasteiger partial charge in [0.15, 0.2) is 0 Å². The van der Waals surface area contributed by atoms with Crippen molar-refractivity contribution in [3.8, 4) is 0 Å². The minimum absolute atomic E-state index is 0.190. The van der Waals surface area contributed by atoms with Crippen molar-refractivity contribution in [3.63, 3.8) is 0 Å². The van der Waals surface area contributed by atoms with Crippen LogP contribution in [0.25, 0.3) is 0 Å². The van der Waals surface area contributed by atoms with Crippen LogP contribution in [0, 0.1) is 0 Å². The van der Waals surface area contributed by atoms with Gasteiger partial charge in [-0.1, -0.05) is 18.2 Å². The molecule has 0 aliphatic rings. The molecule has 0 aliphatic heterocycles. The topological polar surface area (TPSA) is 29.1 Å². The van der Waals surface area contributed by atoms with E-state index < -0.39 is 0 Å². The van der Waals surface area contributed by atoms with Gasteiger partial charge in [-0.15, -0.1) is 11.8 Å². The molecule has 1 aromatic rings. The Balaban J connectivity index is 2.08. The molecule has 0 fully saturated rings. The van der Waals surface area contributed by atoms with Crippen LogP contribution < -0.4 is 5.32 Å². The van der Waals surface area contributed by atoms with E-state index in [0.29, 0.717) is 6.54 Å². The second kappa shape index (κ2) is 6.62. The second-order valence-electron chi connectivity index (χ2n) is 3.04. The predicted octanol–water partition coefficient (Wildman–Crippen LogP) is 1.96. The molecule has 0 amide bonds. The number of benzene rings is 1. The zero-order chi connectivity index (χ0) is 10.2. The van der Waals surface area contributed by atoms with Gasteiger partial charge in [0.25, 0.3) is 0 Å². The summed E-state index contributed by atoms with van der Waals surface area (Å²) in [6.07, 6.45) is 0. The molecule has 0 spiro atoms. The van der Waals surface area contributed by atoms with Crippen LogP contribution in [0.3, 0.4) is 0 Å². The zero-order valence-electron chi connectivity index (χ0n) is 8.32. The molecule has 76 valence electrons. The summed E-state index contributed by atoms with van der Waals surface area (Å²) in [6, 6.07) is 10.3. The van der Waals surface area contributed by atoms with E-state index >= 15 is 0 Å². The van der Waals surface area contributed by atoms with E-state index in [0.717, 1.165) is 12.3 Å². The van der Waals surface area contributed by atoms with Gasteiger partial charge in [0.05, 0.1) is 6.54 Å². The molecular weight excluding hydrogens is 194 g/mol. The van der Waals surface area contributed by atoms with Crippen molar-refractivity contribution < 1.29 is 4.79 Å². The molecule has 1 N–H and O–H groups in total. The lowest BCUT2D eigenvalue weighted by Crippen LogP contribution is -2.23. The third-order valence-electron chi connectivity index (χ3n) is 1.66. The van der Waals surface area contributed by atoms with E-state index in [4.69, 9.17) is 0 Å². The molecule has 0 aromatic heterocycles. The first-order chi connectivity index (χ1) is 6.79. The molecule has 0 saturated heterocycles. The molecule has 0 saturated carbocycles. The van der Waals surface area contributed by atoms with E-state index in [9.17, 15) is 4.79 Å². The number of carbonyl (C=O) groups excluding carboxylic acids is 1. The molecule has 1 rings (SSSR count). The summed E-state index contributed by atoms with van der Waals surface area (Å²) in [5, 5.41) is 3.08. The summed E-state index contributed by atoms with van der Waals surface area (Å²) in [5.41, 5.74) is 0. The van der Waals surface area contributed by atoms with Gasteiger partial charge in [0, 0.05) is 17.2 Å². The fraction of sp³-hybridized carbons (Fsp3) is 0.364. The van der Waals surface area contributed by atoms with Crippen LogP contribution in [0.4, 0.5) is 0 Å². The maximum absolute atomic E-state index is 10.6. The first-order valence-electron chi connectivity index (χ1n) is 4.67. The van der Waals surface area contributed by atoms with Gasteiger partial charge in [-0.2, -0.15) is 0 Å². The van der Waals surface area contributed by atoms with Crippen LogP contribution in [-0.4, -0.2) is 24.6 Å². The van der Waals surface area contributed by atoms with Crippen molar-refractivity contribution in [2.75, 3.05) is 18.8 Å². The zero-order valence-corrected chi connectivity index (χ0v) is 9.14. The van der Waals surface area contributed by atoms with Gasteiger partial charge >= 0.3 is 0 Å². The summed E-state index contributed by atoms with van der Waals surface area (Å²) < 4.78 is 0. The van der Waals surface area contributed by atoms with E-state index in [-0.39, 0.29) is 5.78 Å². The van der Waals surface area contributed by atoms with Crippen molar-refractivity contribution in [2.45, 2.75) is 11.8 Å². The molecule has 0 bridgehead atoms. The van der Waals surface area contributed by atoms with Crippen LogP contribution in [0.1, 0.15) is 6.92 Å². The van der Waals surface area contributed by atoms with Gasteiger partial charge in [0.1, 0.15) is 5.78 Å². The van der Waals surface area contributed by atoms with Crippen molar-refractivity contribution in [1.29, 1.82) is 0 Å². The van der Waals surface area contributed by atoms with Crippen LogP contribution >= 0.6 is 11.8 Å². The lowest BCUT2D eigenvalue weighted by Gasteiger charge is -2.02. The lowest BCUT2D eigenvalue weighted by molar-refractivity contribution is -0.116. The molecule has 0 radical (unpaired) electrons. The van der Waals surface area contributed by atoms with Crippen LogP contribution in [-0.2, 0) is 4.79 Å². The summed E-state index contributed by atoms with van der Waals surface area (Å²) >= 11 is 1.80. The summed E-state index contributed by atoms with van der Waals surface area (Å²) in [4.78, 5) is 11.9. The molecule has 0 unspecified atom stereocenters. The second-order valence-corrected chi connectivity index (χ2v) is 4.21. The first kappa shape index (κ1) is 11.3. The summed E-state index contributed by atoms with van der Waals surface area (Å²) in [6.45, 7) is 2.95. The molecule has 1 aromatic carbocycles. The largest absolute Gasteiger partial charge is 0.309 e. The highest BCUT2D eigenvalue weighted by atomic mass is 32.2. The van der Waals surface area contributed by atoms with Crippen LogP contribution in [0.2, 0.25) is 0 Å². The molecule has 3 heteroatoms. The molecule has 2 nitrogen and oxygen atoms in total. The normalized spacial score (nSPS) is 10.1. The Morgan fingerprint density at radius 1 is 1.36 bits per heavy atom. The van der Waals surface area contributed by atoms with E-state index in [1.807, 2.05) is 18.2 Å². The number of carbonyl (C=O) groups is 1. The predicted molar refractivity (Wildman–Crippen MR) is 60.7 cm³/mol. The number of rotatable bonds is 6. The van der Waals surface area contributed by atoms with Gasteiger partial charge in [0.2, 0.25) is 0 Å². The number of ketones is 1. The van der Waals surface area contributed by atoms with E-state index in [1.54, 1.807) is 18.7 Å². The summed E-state index contributed by atoms with van der Waals surface area (Å²) in [5.74, 6) is 1.19. The van der Waals surface area contributed by atoms with Gasteiger partial charge in [-0.25, -0.2) is 0 Å². The highest BCUT2D eigenvalue weighted by Gasteiger charge is 1.93. The minimum Gasteiger partial charge on any atom is -0.309 e. The highest BCUT2D eigenvalue weighted by Crippen LogP contribution is 2.15. The number of thioether (sulfide) groups is 1. The van der Waals surface area contributed by atoms with Crippen LogP contribution in [0.5, 0.6) is 0 Å². The monoisotopic (exact) mass is 209 g/mol. The SMILES string of the molecule is CC(=O)CNCCSc1ccccc1. The van der Waals surface area contributed by atoms with Gasteiger partial charge in [-0.3, -0.25) is 4.79 Å². The molecule has 0 aliphatic carbocycles. The maximum Gasteiger partial charge on any atom is 0.143 e. The Labute approximate surface area is 89.1 Å². The Hall–Kier alpha value is -0.800. The number of Topliss-reactive ketones (excluding diaryl/α,β-unsaturated/α-hetero) is 1. The quantitative estimate of drug-likeness (QED) is 0.573. The van der Waals surface area contributed by atoms with Crippen molar-refractivity contribution in [2.24, 2.45) is 0 Å². The third-order valence-corrected chi connectivity index (χ3v) is 2.68. The van der Waals surface area contributed by atoms with Gasteiger partial charge < -0.3 is 5.32 Å². The maximum atomic E-state index is 10.6. The number of nitrogens with one attached hydrogen (secondary N) is 1. The van der Waals surface area contributed by atoms with Crippen molar-refractivity contribution in [1.82, 2.24) is 5.32 Å². The smallest absolute Gasteiger partial charge is 0.143 e. The van der Waals surface area contributed by atoms with Crippen molar-refractivity contribution >= 4 is 17.5 Å². The minimum atomic E-state index is 0.190. The molecular formula is C11H15NOS. The van der Waals surface area contributed by atoms with Crippen molar-refractivity contribution in [3.05, 3.63) is 30.3 Å². The number of hydrogen-bond acceptors (Lipinski definition) is 3. The van der Waals surface area contributed by atoms with E-state index in [2.05, 4.69) is 17.4 Å². The van der Waals surface area contributed by atoms with Gasteiger partial charge in [-0.05, 0) is 19.1 Å². The molecule has 0 atom stereocenters.